The molecular formula is C12H12F4N2O. The highest BCUT2D eigenvalue weighted by Crippen LogP contribution is 2.40. The number of alkyl halides is 4. The maximum atomic E-state index is 13.4. The average molecular weight is 276 g/mol. The minimum Gasteiger partial charge on any atom is -0.452 e. The van der Waals surface area contributed by atoms with E-state index in [2.05, 4.69) is 9.73 Å². The minimum absolute atomic E-state index is 0.345. The Balaban J connectivity index is 2.43. The largest absolute Gasteiger partial charge is 0.452 e. The lowest BCUT2D eigenvalue weighted by Crippen LogP contribution is -2.47. The third-order valence-corrected chi connectivity index (χ3v) is 3.01. The molecule has 0 amide bonds. The third kappa shape index (κ3) is 2.64. The van der Waals surface area contributed by atoms with Gasteiger partial charge in [0.15, 0.2) is 6.10 Å². The van der Waals surface area contributed by atoms with Crippen molar-refractivity contribution in [3.8, 4) is 0 Å². The van der Waals surface area contributed by atoms with Gasteiger partial charge >= 0.3 is 6.18 Å². The molecule has 0 saturated carbocycles. The molecule has 0 radical (unpaired) electrons. The molecule has 1 aliphatic rings. The summed E-state index contributed by atoms with van der Waals surface area (Å²) < 4.78 is 56.1. The molecule has 2 unspecified atom stereocenters. The maximum Gasteiger partial charge on any atom is 0.425 e. The zero-order valence-electron chi connectivity index (χ0n) is 9.82. The number of ether oxygens (including phenoxy) is 1. The smallest absolute Gasteiger partial charge is 0.425 e. The fourth-order valence-electron chi connectivity index (χ4n) is 2.05. The summed E-state index contributed by atoms with van der Waals surface area (Å²) in [6.45, 7) is -1.08. The first-order chi connectivity index (χ1) is 8.87. The van der Waals surface area contributed by atoms with Gasteiger partial charge in [0, 0.05) is 6.42 Å². The normalized spacial score (nSPS) is 27.6. The molecule has 0 aromatic heterocycles. The van der Waals surface area contributed by atoms with Crippen LogP contribution >= 0.6 is 0 Å². The van der Waals surface area contributed by atoms with Gasteiger partial charge in [0.25, 0.3) is 6.02 Å². The quantitative estimate of drug-likeness (QED) is 0.844. The van der Waals surface area contributed by atoms with Gasteiger partial charge in [-0.1, -0.05) is 30.3 Å². The number of amidine groups is 1. The maximum absolute atomic E-state index is 13.4. The molecule has 0 saturated heterocycles. The number of hydrogen-bond acceptors (Lipinski definition) is 3. The molecule has 0 fully saturated rings. The Hall–Kier alpha value is -1.79. The summed E-state index contributed by atoms with van der Waals surface area (Å²) in [6, 6.07) is 7.30. The molecular weight excluding hydrogens is 264 g/mol. The molecule has 1 aromatic carbocycles. The van der Waals surface area contributed by atoms with Crippen LogP contribution in [0, 0.1) is 0 Å². The molecule has 1 heterocycles. The lowest BCUT2D eigenvalue weighted by Gasteiger charge is -2.36. The number of halogens is 4. The van der Waals surface area contributed by atoms with Gasteiger partial charge in [0.1, 0.15) is 12.2 Å². The molecule has 19 heavy (non-hydrogen) atoms. The summed E-state index contributed by atoms with van der Waals surface area (Å²) >= 11 is 0. The summed E-state index contributed by atoms with van der Waals surface area (Å²) in [4.78, 5) is 3.76. The second-order valence-electron chi connectivity index (χ2n) is 4.33. The van der Waals surface area contributed by atoms with Crippen molar-refractivity contribution in [2.75, 3.05) is 6.67 Å². The van der Waals surface area contributed by atoms with E-state index in [1.807, 2.05) is 0 Å². The Morgan fingerprint density at radius 3 is 2.47 bits per heavy atom. The van der Waals surface area contributed by atoms with Crippen molar-refractivity contribution in [3.63, 3.8) is 0 Å². The van der Waals surface area contributed by atoms with Crippen LogP contribution in [0.2, 0.25) is 0 Å². The van der Waals surface area contributed by atoms with E-state index in [9.17, 15) is 17.6 Å². The van der Waals surface area contributed by atoms with Crippen molar-refractivity contribution in [1.29, 1.82) is 0 Å². The van der Waals surface area contributed by atoms with Crippen LogP contribution in [-0.2, 0) is 10.3 Å². The molecule has 2 N–H and O–H groups in total. The SMILES string of the molecule is NC1=NC(CF)(c2ccccc2)CC(C(F)(F)F)O1. The van der Waals surface area contributed by atoms with Crippen LogP contribution in [0.4, 0.5) is 17.6 Å². The second kappa shape index (κ2) is 4.71. The summed E-state index contributed by atoms with van der Waals surface area (Å²) in [5, 5.41) is 0. The highest BCUT2D eigenvalue weighted by Gasteiger charge is 2.51. The molecule has 2 rings (SSSR count). The van der Waals surface area contributed by atoms with Crippen molar-refractivity contribution in [2.45, 2.75) is 24.2 Å². The number of aliphatic imine (C=N–C) groups is 1. The molecule has 1 aliphatic heterocycles. The predicted molar refractivity (Wildman–Crippen MR) is 61.3 cm³/mol. The van der Waals surface area contributed by atoms with Gasteiger partial charge in [-0.25, -0.2) is 9.38 Å². The van der Waals surface area contributed by atoms with E-state index in [1.54, 1.807) is 18.2 Å². The lowest BCUT2D eigenvalue weighted by molar-refractivity contribution is -0.209. The van der Waals surface area contributed by atoms with E-state index in [-0.39, 0.29) is 0 Å². The first kappa shape index (κ1) is 13.6. The van der Waals surface area contributed by atoms with Crippen LogP contribution in [0.3, 0.4) is 0 Å². The van der Waals surface area contributed by atoms with Crippen molar-refractivity contribution in [3.05, 3.63) is 35.9 Å². The fraction of sp³-hybridized carbons (Fsp3) is 0.417. The zero-order valence-corrected chi connectivity index (χ0v) is 9.82. The highest BCUT2D eigenvalue weighted by molar-refractivity contribution is 5.73. The number of rotatable bonds is 2. The van der Waals surface area contributed by atoms with Gasteiger partial charge in [-0.15, -0.1) is 0 Å². The van der Waals surface area contributed by atoms with Crippen molar-refractivity contribution < 1.29 is 22.3 Å². The van der Waals surface area contributed by atoms with E-state index in [0.29, 0.717) is 5.56 Å². The number of nitrogens with two attached hydrogens (primary N) is 1. The van der Waals surface area contributed by atoms with Crippen LogP contribution in [0.25, 0.3) is 0 Å². The lowest BCUT2D eigenvalue weighted by atomic mass is 9.85. The molecule has 3 nitrogen and oxygen atoms in total. The summed E-state index contributed by atoms with van der Waals surface area (Å²) in [6.07, 6.45) is -7.39. The third-order valence-electron chi connectivity index (χ3n) is 3.01. The van der Waals surface area contributed by atoms with Crippen LogP contribution in [-0.4, -0.2) is 25.0 Å². The van der Waals surface area contributed by atoms with E-state index in [0.717, 1.165) is 0 Å². The van der Waals surface area contributed by atoms with Crippen molar-refractivity contribution in [2.24, 2.45) is 10.7 Å². The molecule has 0 bridgehead atoms. The van der Waals surface area contributed by atoms with Crippen molar-refractivity contribution in [1.82, 2.24) is 0 Å². The average Bonchev–Trinajstić information content (AvgIpc) is 2.38. The molecule has 2 atom stereocenters. The summed E-state index contributed by atoms with van der Waals surface area (Å²) in [5.74, 6) is 0. The fourth-order valence-corrected chi connectivity index (χ4v) is 2.05. The zero-order chi connectivity index (χ0) is 14.1. The Bertz CT molecular complexity index is 474. The van der Waals surface area contributed by atoms with Crippen molar-refractivity contribution >= 4 is 6.02 Å². The van der Waals surface area contributed by atoms with Gasteiger partial charge in [0.05, 0.1) is 0 Å². The van der Waals surface area contributed by atoms with Crippen LogP contribution in [0.1, 0.15) is 12.0 Å². The molecule has 0 spiro atoms. The van der Waals surface area contributed by atoms with E-state index >= 15 is 0 Å². The Labute approximate surface area is 107 Å². The van der Waals surface area contributed by atoms with Gasteiger partial charge in [-0.2, -0.15) is 13.2 Å². The molecule has 104 valence electrons. The highest BCUT2D eigenvalue weighted by atomic mass is 19.4. The Morgan fingerprint density at radius 2 is 1.95 bits per heavy atom. The van der Waals surface area contributed by atoms with Gasteiger partial charge in [-0.3, -0.25) is 0 Å². The first-order valence-electron chi connectivity index (χ1n) is 5.57. The van der Waals surface area contributed by atoms with Gasteiger partial charge < -0.3 is 10.5 Å². The number of benzene rings is 1. The summed E-state index contributed by atoms with van der Waals surface area (Å²) in [7, 11) is 0. The van der Waals surface area contributed by atoms with E-state index in [1.165, 1.54) is 12.1 Å². The minimum atomic E-state index is -4.62. The second-order valence-corrected chi connectivity index (χ2v) is 4.33. The first-order valence-corrected chi connectivity index (χ1v) is 5.57. The Kier molecular flexibility index (Phi) is 3.38. The van der Waals surface area contributed by atoms with Crippen LogP contribution < -0.4 is 5.73 Å². The molecule has 7 heteroatoms. The van der Waals surface area contributed by atoms with Gasteiger partial charge in [-0.05, 0) is 5.56 Å². The topological polar surface area (TPSA) is 47.6 Å². The van der Waals surface area contributed by atoms with Gasteiger partial charge in [0.2, 0.25) is 0 Å². The number of hydrogen-bond donors (Lipinski definition) is 1. The summed E-state index contributed by atoms with van der Waals surface area (Å²) in [5.41, 5.74) is 3.98. The standard InChI is InChI=1S/C12H12F4N2O/c13-7-11(8-4-2-1-3-5-8)6-9(12(14,15)16)19-10(17)18-11/h1-5,9H,6-7H2,(H2,17,18). The monoisotopic (exact) mass is 276 g/mol. The molecule has 1 aromatic rings. The Morgan fingerprint density at radius 1 is 1.32 bits per heavy atom. The van der Waals surface area contributed by atoms with Crippen LogP contribution in [0.15, 0.2) is 35.3 Å². The van der Waals surface area contributed by atoms with E-state index in [4.69, 9.17) is 5.73 Å². The van der Waals surface area contributed by atoms with E-state index < -0.39 is 36.9 Å². The molecule has 0 aliphatic carbocycles. The number of nitrogens with zero attached hydrogens (tertiary/aromatic N) is 1. The van der Waals surface area contributed by atoms with Crippen LogP contribution in [0.5, 0.6) is 0 Å². The predicted octanol–water partition coefficient (Wildman–Crippen LogP) is 2.52.